The van der Waals surface area contributed by atoms with Crippen molar-refractivity contribution in [3.05, 3.63) is 17.5 Å². The third-order valence-electron chi connectivity index (χ3n) is 5.94. The summed E-state index contributed by atoms with van der Waals surface area (Å²) < 4.78 is 5.06. The maximum Gasteiger partial charge on any atom is 0.243 e. The van der Waals surface area contributed by atoms with Crippen LogP contribution in [0, 0.1) is 11.8 Å². The number of H-pyrrole nitrogens is 1. The summed E-state index contributed by atoms with van der Waals surface area (Å²) >= 11 is 0. The van der Waals surface area contributed by atoms with Crippen molar-refractivity contribution in [2.75, 3.05) is 20.2 Å². The van der Waals surface area contributed by atoms with Gasteiger partial charge in [0.25, 0.3) is 0 Å². The predicted octanol–water partition coefficient (Wildman–Crippen LogP) is 0.583. The van der Waals surface area contributed by atoms with Crippen molar-refractivity contribution in [3.63, 3.8) is 0 Å². The molecule has 0 aliphatic carbocycles. The number of rotatable bonds is 5. The number of fused-ring (bicyclic) bond motifs is 4. The molecule has 4 atom stereocenters. The van der Waals surface area contributed by atoms with E-state index in [1.54, 1.807) is 7.11 Å². The van der Waals surface area contributed by atoms with E-state index in [2.05, 4.69) is 20.8 Å². The molecule has 2 bridgehead atoms. The van der Waals surface area contributed by atoms with Gasteiger partial charge in [0.05, 0.1) is 24.5 Å². The molecular formula is C18H28ClN5O3. The van der Waals surface area contributed by atoms with Crippen molar-refractivity contribution >= 4 is 24.2 Å². The lowest BCUT2D eigenvalue weighted by Gasteiger charge is -2.53. The van der Waals surface area contributed by atoms with Crippen LogP contribution in [0.1, 0.15) is 37.1 Å². The second kappa shape index (κ2) is 8.58. The van der Waals surface area contributed by atoms with Crippen molar-refractivity contribution < 1.29 is 14.3 Å². The van der Waals surface area contributed by atoms with Crippen LogP contribution in [0.25, 0.3) is 0 Å². The van der Waals surface area contributed by atoms with Crippen molar-refractivity contribution in [2.45, 2.75) is 50.9 Å². The van der Waals surface area contributed by atoms with E-state index in [0.29, 0.717) is 25.5 Å². The summed E-state index contributed by atoms with van der Waals surface area (Å²) in [5.74, 6) is 0.756. The number of ether oxygens (including phenoxy) is 1. The van der Waals surface area contributed by atoms with E-state index in [-0.39, 0.29) is 42.2 Å². The molecule has 3 aliphatic rings. The molecule has 0 spiro atoms. The number of hydrogen-bond donors (Lipinski definition) is 3. The number of hydrogen-bond acceptors (Lipinski definition) is 5. The number of nitrogens with one attached hydrogen (secondary N) is 3. The lowest BCUT2D eigenvalue weighted by molar-refractivity contribution is -0.157. The Balaban J connectivity index is 0.00000210. The Morgan fingerprint density at radius 3 is 3.04 bits per heavy atom. The Hall–Kier alpha value is -1.64. The minimum Gasteiger partial charge on any atom is -0.378 e. The average molecular weight is 398 g/mol. The molecule has 9 heteroatoms. The number of piperidine rings is 3. The normalized spacial score (nSPS) is 29.7. The Morgan fingerprint density at radius 1 is 1.41 bits per heavy atom. The first kappa shape index (κ1) is 20.1. The molecule has 2 amide bonds. The van der Waals surface area contributed by atoms with Crippen LogP contribution >= 0.6 is 12.4 Å². The van der Waals surface area contributed by atoms with E-state index in [4.69, 9.17) is 4.74 Å². The van der Waals surface area contributed by atoms with Crippen LogP contribution in [-0.4, -0.2) is 59.2 Å². The first-order valence-electron chi connectivity index (χ1n) is 9.49. The highest BCUT2D eigenvalue weighted by molar-refractivity contribution is 5.89. The van der Waals surface area contributed by atoms with Crippen LogP contribution in [0.5, 0.6) is 0 Å². The zero-order chi connectivity index (χ0) is 18.1. The number of methoxy groups -OCH3 is 1. The molecule has 3 fully saturated rings. The minimum atomic E-state index is -0.363. The molecular weight excluding hydrogens is 370 g/mol. The molecule has 0 aromatic carbocycles. The molecule has 3 saturated heterocycles. The van der Waals surface area contributed by atoms with Gasteiger partial charge >= 0.3 is 0 Å². The minimum absolute atomic E-state index is 0. The van der Waals surface area contributed by atoms with E-state index in [9.17, 15) is 9.59 Å². The molecule has 1 aromatic rings. The van der Waals surface area contributed by atoms with Crippen molar-refractivity contribution in [1.29, 1.82) is 0 Å². The summed E-state index contributed by atoms with van der Waals surface area (Å²) in [6.45, 7) is 2.57. The van der Waals surface area contributed by atoms with Crippen LogP contribution in [0.3, 0.4) is 0 Å². The van der Waals surface area contributed by atoms with Crippen LogP contribution in [0.4, 0.5) is 0 Å². The first-order valence-corrected chi connectivity index (χ1v) is 9.49. The number of amides is 2. The summed E-state index contributed by atoms with van der Waals surface area (Å²) in [6, 6.07) is 1.73. The molecule has 1 aromatic heterocycles. The van der Waals surface area contributed by atoms with E-state index in [1.165, 1.54) is 0 Å². The Morgan fingerprint density at radius 2 is 2.22 bits per heavy atom. The van der Waals surface area contributed by atoms with Gasteiger partial charge in [-0.3, -0.25) is 14.7 Å². The first-order chi connectivity index (χ1) is 12.7. The van der Waals surface area contributed by atoms with Gasteiger partial charge in [0.1, 0.15) is 6.04 Å². The molecule has 3 N–H and O–H groups in total. The SMILES string of the molecule is COCc1cc(CNC(=O)[C@H]2[C@@H]3CNC[C@@H](C3)[C@@H]3CCCC(=O)N32)[nH]n1.Cl. The maximum absolute atomic E-state index is 13.0. The van der Waals surface area contributed by atoms with Gasteiger partial charge in [0.2, 0.25) is 11.8 Å². The van der Waals surface area contributed by atoms with E-state index >= 15 is 0 Å². The van der Waals surface area contributed by atoms with Crippen molar-refractivity contribution in [3.8, 4) is 0 Å². The third-order valence-corrected chi connectivity index (χ3v) is 5.94. The highest BCUT2D eigenvalue weighted by Crippen LogP contribution is 2.39. The van der Waals surface area contributed by atoms with Crippen molar-refractivity contribution in [1.82, 2.24) is 25.7 Å². The molecule has 3 aliphatic heterocycles. The van der Waals surface area contributed by atoms with Gasteiger partial charge in [0, 0.05) is 32.0 Å². The number of halogens is 1. The summed E-state index contributed by atoms with van der Waals surface area (Å²) in [5.41, 5.74) is 1.64. The van der Waals surface area contributed by atoms with E-state index in [1.807, 2.05) is 11.0 Å². The third kappa shape index (κ3) is 3.97. The number of nitrogens with zero attached hydrogens (tertiary/aromatic N) is 2. The zero-order valence-corrected chi connectivity index (χ0v) is 16.4. The number of aromatic amines is 1. The van der Waals surface area contributed by atoms with Gasteiger partial charge in [0.15, 0.2) is 0 Å². The predicted molar refractivity (Wildman–Crippen MR) is 101 cm³/mol. The fourth-order valence-corrected chi connectivity index (χ4v) is 4.86. The lowest BCUT2D eigenvalue weighted by Crippen LogP contribution is -2.67. The second-order valence-electron chi connectivity index (χ2n) is 7.65. The van der Waals surface area contributed by atoms with Gasteiger partial charge < -0.3 is 20.3 Å². The van der Waals surface area contributed by atoms with Gasteiger partial charge in [-0.1, -0.05) is 0 Å². The lowest BCUT2D eigenvalue weighted by atomic mass is 9.72. The maximum atomic E-state index is 13.0. The Labute approximate surface area is 165 Å². The van der Waals surface area contributed by atoms with Crippen molar-refractivity contribution in [2.24, 2.45) is 11.8 Å². The fraction of sp³-hybridized carbons (Fsp3) is 0.722. The molecule has 27 heavy (non-hydrogen) atoms. The fourth-order valence-electron chi connectivity index (χ4n) is 4.86. The Bertz CT molecular complexity index is 682. The highest BCUT2D eigenvalue weighted by atomic mass is 35.5. The van der Waals surface area contributed by atoms with Gasteiger partial charge in [-0.05, 0) is 37.8 Å². The summed E-state index contributed by atoms with van der Waals surface area (Å²) in [5, 5.41) is 13.5. The smallest absolute Gasteiger partial charge is 0.243 e. The van der Waals surface area contributed by atoms with Crippen LogP contribution < -0.4 is 10.6 Å². The highest BCUT2D eigenvalue weighted by Gasteiger charge is 2.50. The zero-order valence-electron chi connectivity index (χ0n) is 15.6. The van der Waals surface area contributed by atoms with Crippen LogP contribution in [0.2, 0.25) is 0 Å². The number of aromatic nitrogens is 2. The molecule has 4 rings (SSSR count). The van der Waals surface area contributed by atoms with Gasteiger partial charge in [-0.25, -0.2) is 0 Å². The number of carbonyl (C=O) groups excluding carboxylic acids is 2. The largest absolute Gasteiger partial charge is 0.378 e. The molecule has 150 valence electrons. The van der Waals surface area contributed by atoms with Gasteiger partial charge in [-0.2, -0.15) is 5.10 Å². The Kier molecular flexibility index (Phi) is 6.39. The summed E-state index contributed by atoms with van der Waals surface area (Å²) in [6.07, 6.45) is 3.54. The monoisotopic (exact) mass is 397 g/mol. The van der Waals surface area contributed by atoms with E-state index < -0.39 is 0 Å². The molecule has 0 radical (unpaired) electrons. The molecule has 4 heterocycles. The summed E-state index contributed by atoms with van der Waals surface area (Å²) in [4.78, 5) is 27.6. The standard InChI is InChI=1S/C18H27N5O3.ClH/c1-26-10-14-6-13(21-22-14)9-20-18(25)17-12-5-11(7-19-8-12)15-3-2-4-16(24)23(15)17;/h6,11-12,15,17,19H,2-5,7-10H2,1H3,(H,20,25)(H,21,22);1H/t11-,12+,15+,17-;/m1./s1. The second-order valence-corrected chi connectivity index (χ2v) is 7.65. The molecule has 0 saturated carbocycles. The quantitative estimate of drug-likeness (QED) is 0.675. The molecule has 8 nitrogen and oxygen atoms in total. The van der Waals surface area contributed by atoms with Crippen LogP contribution in [0.15, 0.2) is 6.07 Å². The molecule has 0 unspecified atom stereocenters. The van der Waals surface area contributed by atoms with E-state index in [0.717, 1.165) is 43.7 Å². The summed E-state index contributed by atoms with van der Waals surface area (Å²) in [7, 11) is 1.62. The topological polar surface area (TPSA) is 99.4 Å². The number of carbonyl (C=O) groups is 2. The van der Waals surface area contributed by atoms with Crippen LogP contribution in [-0.2, 0) is 27.5 Å². The average Bonchev–Trinajstić information content (AvgIpc) is 3.09. The van der Waals surface area contributed by atoms with Gasteiger partial charge in [-0.15, -0.1) is 12.4 Å².